The molecule has 112 valence electrons. The highest BCUT2D eigenvalue weighted by Crippen LogP contribution is 2.17. The summed E-state index contributed by atoms with van der Waals surface area (Å²) >= 11 is 0. The van der Waals surface area contributed by atoms with Gasteiger partial charge in [0.2, 0.25) is 17.8 Å². The highest BCUT2D eigenvalue weighted by molar-refractivity contribution is 7.84. The Morgan fingerprint density at radius 1 is 1.30 bits per heavy atom. The van der Waals surface area contributed by atoms with Crippen molar-refractivity contribution in [1.29, 1.82) is 0 Å². The first-order chi connectivity index (χ1) is 9.54. The zero-order valence-corrected chi connectivity index (χ0v) is 12.8. The molecule has 0 saturated carbocycles. The van der Waals surface area contributed by atoms with E-state index in [0.29, 0.717) is 17.6 Å². The Morgan fingerprint density at radius 2 is 2.00 bits per heavy atom. The van der Waals surface area contributed by atoms with Gasteiger partial charge in [0, 0.05) is 41.9 Å². The number of nitrogens with two attached hydrogens (primary N) is 1. The fourth-order valence-electron chi connectivity index (χ4n) is 2.29. The SMILES string of the molecule is CC(CS(C)=O)Nc1nc(N)nc(N2CCCCC2)n1. The van der Waals surface area contributed by atoms with Gasteiger partial charge in [0.05, 0.1) is 0 Å². The lowest BCUT2D eigenvalue weighted by atomic mass is 10.1. The van der Waals surface area contributed by atoms with Crippen LogP contribution in [0.4, 0.5) is 17.8 Å². The van der Waals surface area contributed by atoms with E-state index in [1.807, 2.05) is 6.92 Å². The second-order valence-corrected chi connectivity index (χ2v) is 6.63. The minimum atomic E-state index is -0.860. The number of nitrogen functional groups attached to an aromatic ring is 1. The largest absolute Gasteiger partial charge is 0.368 e. The van der Waals surface area contributed by atoms with Gasteiger partial charge < -0.3 is 16.0 Å². The average Bonchev–Trinajstić information content (AvgIpc) is 2.38. The van der Waals surface area contributed by atoms with E-state index in [4.69, 9.17) is 5.73 Å². The number of aromatic nitrogens is 3. The summed E-state index contributed by atoms with van der Waals surface area (Å²) in [5.41, 5.74) is 5.75. The molecule has 1 saturated heterocycles. The van der Waals surface area contributed by atoms with Crippen molar-refractivity contribution < 1.29 is 4.21 Å². The van der Waals surface area contributed by atoms with Crippen LogP contribution in [0.3, 0.4) is 0 Å². The van der Waals surface area contributed by atoms with Crippen molar-refractivity contribution in [3.05, 3.63) is 0 Å². The van der Waals surface area contributed by atoms with Crippen LogP contribution in [0.5, 0.6) is 0 Å². The van der Waals surface area contributed by atoms with E-state index in [1.54, 1.807) is 6.26 Å². The maximum Gasteiger partial charge on any atom is 0.231 e. The lowest BCUT2D eigenvalue weighted by molar-refractivity contribution is 0.568. The molecule has 2 rings (SSSR count). The number of hydrogen-bond acceptors (Lipinski definition) is 7. The number of hydrogen-bond donors (Lipinski definition) is 2. The fourth-order valence-corrected chi connectivity index (χ4v) is 3.08. The van der Waals surface area contributed by atoms with E-state index < -0.39 is 10.8 Å². The molecule has 1 aliphatic heterocycles. The molecule has 0 radical (unpaired) electrons. The monoisotopic (exact) mass is 298 g/mol. The van der Waals surface area contributed by atoms with Crippen LogP contribution in [0.25, 0.3) is 0 Å². The molecule has 1 aromatic heterocycles. The quantitative estimate of drug-likeness (QED) is 0.822. The van der Waals surface area contributed by atoms with Gasteiger partial charge in [-0.05, 0) is 26.2 Å². The molecule has 20 heavy (non-hydrogen) atoms. The number of piperidine rings is 1. The van der Waals surface area contributed by atoms with Crippen molar-refractivity contribution in [1.82, 2.24) is 15.0 Å². The molecule has 3 N–H and O–H groups in total. The fraction of sp³-hybridized carbons (Fsp3) is 0.750. The number of nitrogens with one attached hydrogen (secondary N) is 1. The molecule has 2 atom stereocenters. The molecule has 1 aromatic rings. The van der Waals surface area contributed by atoms with Crippen LogP contribution in [-0.4, -0.2) is 50.3 Å². The molecule has 1 fully saturated rings. The summed E-state index contributed by atoms with van der Waals surface area (Å²) in [7, 11) is -0.860. The predicted molar refractivity (Wildman–Crippen MR) is 82.3 cm³/mol. The third kappa shape index (κ3) is 4.29. The molecular formula is C12H22N6OS. The van der Waals surface area contributed by atoms with Crippen LogP contribution in [0.2, 0.25) is 0 Å². The molecule has 2 unspecified atom stereocenters. The van der Waals surface area contributed by atoms with Crippen LogP contribution in [0.15, 0.2) is 0 Å². The van der Waals surface area contributed by atoms with E-state index in [0.717, 1.165) is 25.9 Å². The van der Waals surface area contributed by atoms with Gasteiger partial charge in [-0.1, -0.05) is 0 Å². The Hall–Kier alpha value is -1.44. The lowest BCUT2D eigenvalue weighted by Crippen LogP contribution is -2.32. The summed E-state index contributed by atoms with van der Waals surface area (Å²) in [5.74, 6) is 1.85. The van der Waals surface area contributed by atoms with E-state index in [2.05, 4.69) is 25.2 Å². The minimum absolute atomic E-state index is 0.0249. The minimum Gasteiger partial charge on any atom is -0.368 e. The Bertz CT molecular complexity index is 477. The highest BCUT2D eigenvalue weighted by atomic mass is 32.2. The number of rotatable bonds is 5. The molecule has 7 nitrogen and oxygen atoms in total. The molecule has 0 aliphatic carbocycles. The molecule has 2 heterocycles. The number of nitrogens with zero attached hydrogens (tertiary/aromatic N) is 4. The average molecular weight is 298 g/mol. The van der Waals surface area contributed by atoms with Gasteiger partial charge >= 0.3 is 0 Å². The standard InChI is InChI=1S/C12H22N6OS/c1-9(8-20(2)19)14-11-15-10(13)16-12(17-11)18-6-4-3-5-7-18/h9H,3-8H2,1-2H3,(H3,13,14,15,16,17). The van der Waals surface area contributed by atoms with Crippen molar-refractivity contribution in [2.45, 2.75) is 32.2 Å². The zero-order valence-electron chi connectivity index (χ0n) is 12.0. The molecule has 8 heteroatoms. The van der Waals surface area contributed by atoms with Crippen molar-refractivity contribution in [3.8, 4) is 0 Å². The molecule has 0 aromatic carbocycles. The Labute approximate surface area is 121 Å². The summed E-state index contributed by atoms with van der Waals surface area (Å²) in [5, 5.41) is 3.13. The molecule has 0 amide bonds. The lowest BCUT2D eigenvalue weighted by Gasteiger charge is -2.27. The Kier molecular flexibility index (Phi) is 5.11. The smallest absolute Gasteiger partial charge is 0.231 e. The van der Waals surface area contributed by atoms with Crippen LogP contribution in [-0.2, 0) is 10.8 Å². The van der Waals surface area contributed by atoms with Gasteiger partial charge in [0.15, 0.2) is 0 Å². The van der Waals surface area contributed by atoms with Crippen LogP contribution in [0, 0.1) is 0 Å². The van der Waals surface area contributed by atoms with E-state index in [1.165, 1.54) is 6.42 Å². The second-order valence-electron chi connectivity index (χ2n) is 5.15. The van der Waals surface area contributed by atoms with Crippen LogP contribution >= 0.6 is 0 Å². The van der Waals surface area contributed by atoms with E-state index >= 15 is 0 Å². The molecule has 0 bridgehead atoms. The Morgan fingerprint density at radius 3 is 2.65 bits per heavy atom. The maximum absolute atomic E-state index is 11.2. The Balaban J connectivity index is 2.09. The first kappa shape index (κ1) is 15.0. The maximum atomic E-state index is 11.2. The second kappa shape index (κ2) is 6.83. The molecule has 1 aliphatic rings. The highest BCUT2D eigenvalue weighted by Gasteiger charge is 2.16. The van der Waals surface area contributed by atoms with E-state index in [-0.39, 0.29) is 12.0 Å². The molecular weight excluding hydrogens is 276 g/mol. The predicted octanol–water partition coefficient (Wildman–Crippen LogP) is 0.623. The van der Waals surface area contributed by atoms with Crippen molar-refractivity contribution >= 4 is 28.6 Å². The van der Waals surface area contributed by atoms with Gasteiger partial charge in [-0.15, -0.1) is 0 Å². The summed E-state index contributed by atoms with van der Waals surface area (Å²) in [6, 6.07) is 0.0249. The normalized spacial score (nSPS) is 18.6. The summed E-state index contributed by atoms with van der Waals surface area (Å²) < 4.78 is 11.2. The van der Waals surface area contributed by atoms with Crippen LogP contribution < -0.4 is 16.0 Å². The van der Waals surface area contributed by atoms with Crippen LogP contribution in [0.1, 0.15) is 26.2 Å². The van der Waals surface area contributed by atoms with E-state index in [9.17, 15) is 4.21 Å². The first-order valence-electron chi connectivity index (χ1n) is 6.87. The molecule has 0 spiro atoms. The van der Waals surface area contributed by atoms with Gasteiger partial charge in [-0.25, -0.2) is 0 Å². The van der Waals surface area contributed by atoms with Crippen molar-refractivity contribution in [2.24, 2.45) is 0 Å². The number of anilines is 3. The van der Waals surface area contributed by atoms with Gasteiger partial charge in [0.25, 0.3) is 0 Å². The van der Waals surface area contributed by atoms with Gasteiger partial charge in [0.1, 0.15) is 0 Å². The summed E-state index contributed by atoms with van der Waals surface area (Å²) in [6.45, 7) is 3.86. The summed E-state index contributed by atoms with van der Waals surface area (Å²) in [4.78, 5) is 14.9. The van der Waals surface area contributed by atoms with Gasteiger partial charge in [-0.3, -0.25) is 4.21 Å². The summed E-state index contributed by atoms with van der Waals surface area (Å²) in [6.07, 6.45) is 5.24. The first-order valence-corrected chi connectivity index (χ1v) is 8.60. The third-order valence-electron chi connectivity index (χ3n) is 3.14. The van der Waals surface area contributed by atoms with Crippen molar-refractivity contribution in [3.63, 3.8) is 0 Å². The van der Waals surface area contributed by atoms with Crippen molar-refractivity contribution in [2.75, 3.05) is 41.0 Å². The topological polar surface area (TPSA) is 97.0 Å². The van der Waals surface area contributed by atoms with Gasteiger partial charge in [-0.2, -0.15) is 15.0 Å². The third-order valence-corrected chi connectivity index (χ3v) is 4.11. The zero-order chi connectivity index (χ0) is 14.5.